The van der Waals surface area contributed by atoms with Gasteiger partial charge in [-0.2, -0.15) is 0 Å². The van der Waals surface area contributed by atoms with Crippen LogP contribution < -0.4 is 10.6 Å². The molecule has 0 radical (unpaired) electrons. The Morgan fingerprint density at radius 3 is 2.25 bits per heavy atom. The first-order valence-corrected chi connectivity index (χ1v) is 10.5. The Hall–Kier alpha value is -1.63. The van der Waals surface area contributed by atoms with Crippen LogP contribution in [0.5, 0.6) is 0 Å². The fourth-order valence-electron chi connectivity index (χ4n) is 3.85. The van der Waals surface area contributed by atoms with Crippen LogP contribution >= 0.6 is 0 Å². The van der Waals surface area contributed by atoms with Gasteiger partial charge in [0.05, 0.1) is 12.5 Å². The Morgan fingerprint density at radius 2 is 1.79 bits per heavy atom. The summed E-state index contributed by atoms with van der Waals surface area (Å²) < 4.78 is 5.39. The van der Waals surface area contributed by atoms with Gasteiger partial charge < -0.3 is 15.0 Å². The highest BCUT2D eigenvalue weighted by atomic mass is 16.5. The summed E-state index contributed by atoms with van der Waals surface area (Å²) in [5, 5.41) is 6.35. The van der Waals surface area contributed by atoms with E-state index in [1.54, 1.807) is 19.0 Å². The molecule has 1 unspecified atom stereocenters. The van der Waals surface area contributed by atoms with E-state index in [1.807, 2.05) is 13.8 Å². The van der Waals surface area contributed by atoms with Gasteiger partial charge in [-0.1, -0.05) is 40.5 Å². The molecule has 1 saturated heterocycles. The Morgan fingerprint density at radius 1 is 1.18 bits per heavy atom. The lowest BCUT2D eigenvalue weighted by atomic mass is 9.85. The Bertz CT molecular complexity index is 532. The second kappa shape index (κ2) is 11.4. The number of nitrogens with one attached hydrogen (secondary N) is 2. The molecule has 0 spiro atoms. The number of nitrogens with zero attached hydrogens (tertiary/aromatic N) is 1. The van der Waals surface area contributed by atoms with Crippen molar-refractivity contribution in [3.8, 4) is 0 Å². The number of amides is 2. The third-order valence-electron chi connectivity index (χ3n) is 5.48. The molecule has 7 nitrogen and oxygen atoms in total. The number of hydrogen-bond acceptors (Lipinski definition) is 5. The molecule has 0 saturated carbocycles. The Balaban J connectivity index is 3.06. The zero-order valence-corrected chi connectivity index (χ0v) is 18.6. The number of carbonyl (C=O) groups is 3. The number of hydrogen-bond donors (Lipinski definition) is 2. The van der Waals surface area contributed by atoms with Crippen molar-refractivity contribution in [2.75, 3.05) is 20.7 Å². The largest absolute Gasteiger partial charge is 0.464 e. The van der Waals surface area contributed by atoms with Crippen LogP contribution in [0.1, 0.15) is 60.3 Å². The Labute approximate surface area is 169 Å². The molecule has 0 bridgehead atoms. The van der Waals surface area contributed by atoms with E-state index in [-0.39, 0.29) is 41.7 Å². The molecule has 2 amide bonds. The van der Waals surface area contributed by atoms with Crippen molar-refractivity contribution in [2.24, 2.45) is 17.8 Å². The highest BCUT2D eigenvalue weighted by molar-refractivity contribution is 5.83. The predicted molar refractivity (Wildman–Crippen MR) is 110 cm³/mol. The third kappa shape index (κ3) is 7.08. The van der Waals surface area contributed by atoms with Crippen LogP contribution in [-0.2, 0) is 19.1 Å². The molecule has 1 heterocycles. The molecule has 1 fully saturated rings. The lowest BCUT2D eigenvalue weighted by molar-refractivity contribution is -0.147. The molecule has 0 aromatic heterocycles. The fraction of sp³-hybridized carbons (Fsp3) is 0.857. The van der Waals surface area contributed by atoms with Crippen molar-refractivity contribution in [1.82, 2.24) is 15.5 Å². The number of esters is 1. The van der Waals surface area contributed by atoms with Crippen LogP contribution in [0.4, 0.5) is 0 Å². The average molecular weight is 398 g/mol. The SMILES string of the molecule is CCC(CC)C[C@H](NC(C)=O)C1N[C@@H](C(=O)OCC(C)C)C[C@H]1C(=O)N(C)C. The minimum absolute atomic E-state index is 0.0310. The molecule has 7 heteroatoms. The number of rotatable bonds is 10. The van der Waals surface area contributed by atoms with Crippen molar-refractivity contribution in [2.45, 2.75) is 78.4 Å². The first kappa shape index (κ1) is 24.4. The third-order valence-corrected chi connectivity index (χ3v) is 5.48. The monoisotopic (exact) mass is 397 g/mol. The minimum atomic E-state index is -0.532. The summed E-state index contributed by atoms with van der Waals surface area (Å²) in [5.41, 5.74) is 0. The zero-order chi connectivity index (χ0) is 21.4. The molecule has 1 aliphatic heterocycles. The van der Waals surface area contributed by atoms with E-state index < -0.39 is 6.04 Å². The maximum atomic E-state index is 12.8. The molecule has 1 rings (SSSR count). The minimum Gasteiger partial charge on any atom is -0.464 e. The van der Waals surface area contributed by atoms with E-state index in [2.05, 4.69) is 24.5 Å². The fourth-order valence-corrected chi connectivity index (χ4v) is 3.85. The van der Waals surface area contributed by atoms with Crippen LogP contribution in [0.25, 0.3) is 0 Å². The first-order chi connectivity index (χ1) is 13.1. The smallest absolute Gasteiger partial charge is 0.323 e. The second-order valence-corrected chi connectivity index (χ2v) is 8.57. The van der Waals surface area contributed by atoms with Crippen molar-refractivity contribution in [3.63, 3.8) is 0 Å². The van der Waals surface area contributed by atoms with Crippen molar-refractivity contribution in [1.29, 1.82) is 0 Å². The Kier molecular flexibility index (Phi) is 9.93. The van der Waals surface area contributed by atoms with E-state index >= 15 is 0 Å². The van der Waals surface area contributed by atoms with E-state index in [0.717, 1.165) is 19.3 Å². The first-order valence-electron chi connectivity index (χ1n) is 10.5. The topological polar surface area (TPSA) is 87.7 Å². The van der Waals surface area contributed by atoms with Gasteiger partial charge in [0.15, 0.2) is 0 Å². The van der Waals surface area contributed by atoms with Gasteiger partial charge in [0, 0.05) is 33.1 Å². The van der Waals surface area contributed by atoms with Gasteiger partial charge in [0.25, 0.3) is 0 Å². The summed E-state index contributed by atoms with van der Waals surface area (Å²) in [6.45, 7) is 10.1. The molecule has 1 aliphatic rings. The van der Waals surface area contributed by atoms with Gasteiger partial charge in [0.1, 0.15) is 6.04 Å². The molecule has 162 valence electrons. The quantitative estimate of drug-likeness (QED) is 0.550. The second-order valence-electron chi connectivity index (χ2n) is 8.57. The normalized spacial score (nSPS) is 23.0. The molecule has 2 N–H and O–H groups in total. The molecule has 0 aliphatic carbocycles. The summed E-state index contributed by atoms with van der Waals surface area (Å²) in [5.74, 6) is -0.158. The summed E-state index contributed by atoms with van der Waals surface area (Å²) in [6, 6.07) is -1.04. The standard InChI is InChI=1S/C21H39N3O4/c1-8-15(9-2)10-17(22-14(5)25)19-16(20(26)24(6)7)11-18(23-19)21(27)28-12-13(3)4/h13,15-19,23H,8-12H2,1-7H3,(H,22,25)/t16-,17+,18-,19?/m1/s1. The van der Waals surface area contributed by atoms with Gasteiger partial charge in [0.2, 0.25) is 11.8 Å². The summed E-state index contributed by atoms with van der Waals surface area (Å²) in [6.07, 6.45) is 3.17. The van der Waals surface area contributed by atoms with Crippen LogP contribution in [0.2, 0.25) is 0 Å². The molecular weight excluding hydrogens is 358 g/mol. The lowest BCUT2D eigenvalue weighted by Crippen LogP contribution is -2.54. The maximum Gasteiger partial charge on any atom is 0.323 e. The van der Waals surface area contributed by atoms with Gasteiger partial charge in [-0.05, 0) is 24.7 Å². The zero-order valence-electron chi connectivity index (χ0n) is 18.6. The van der Waals surface area contributed by atoms with Crippen LogP contribution in [0.15, 0.2) is 0 Å². The van der Waals surface area contributed by atoms with Gasteiger partial charge in [-0.15, -0.1) is 0 Å². The van der Waals surface area contributed by atoms with Crippen LogP contribution in [-0.4, -0.2) is 61.5 Å². The highest BCUT2D eigenvalue weighted by Crippen LogP contribution is 2.29. The van der Waals surface area contributed by atoms with Crippen molar-refractivity contribution in [3.05, 3.63) is 0 Å². The van der Waals surface area contributed by atoms with E-state index in [0.29, 0.717) is 18.9 Å². The predicted octanol–water partition coefficient (Wildman–Crippen LogP) is 1.95. The molecule has 0 aromatic carbocycles. The molecular formula is C21H39N3O4. The van der Waals surface area contributed by atoms with E-state index in [4.69, 9.17) is 4.74 Å². The highest BCUT2D eigenvalue weighted by Gasteiger charge is 2.46. The summed E-state index contributed by atoms with van der Waals surface area (Å²) in [4.78, 5) is 38.7. The lowest BCUT2D eigenvalue weighted by Gasteiger charge is -2.32. The average Bonchev–Trinajstić information content (AvgIpc) is 3.07. The van der Waals surface area contributed by atoms with E-state index in [9.17, 15) is 14.4 Å². The van der Waals surface area contributed by atoms with Crippen LogP contribution in [0.3, 0.4) is 0 Å². The van der Waals surface area contributed by atoms with Gasteiger partial charge in [-0.25, -0.2) is 0 Å². The van der Waals surface area contributed by atoms with Crippen LogP contribution in [0, 0.1) is 17.8 Å². The van der Waals surface area contributed by atoms with E-state index in [1.165, 1.54) is 6.92 Å². The number of ether oxygens (including phenoxy) is 1. The molecule has 4 atom stereocenters. The van der Waals surface area contributed by atoms with Gasteiger partial charge in [-0.3, -0.25) is 19.7 Å². The van der Waals surface area contributed by atoms with Crippen molar-refractivity contribution < 1.29 is 19.1 Å². The number of carbonyl (C=O) groups excluding carboxylic acids is 3. The molecule has 0 aromatic rings. The maximum absolute atomic E-state index is 12.8. The van der Waals surface area contributed by atoms with Gasteiger partial charge >= 0.3 is 5.97 Å². The summed E-state index contributed by atoms with van der Waals surface area (Å²) in [7, 11) is 3.44. The van der Waals surface area contributed by atoms with Crippen molar-refractivity contribution >= 4 is 17.8 Å². The summed E-state index contributed by atoms with van der Waals surface area (Å²) >= 11 is 0. The molecule has 28 heavy (non-hydrogen) atoms.